The third kappa shape index (κ3) is 16.0. The summed E-state index contributed by atoms with van der Waals surface area (Å²) in [5, 5.41) is 3.83. The van der Waals surface area contributed by atoms with Gasteiger partial charge in [0.2, 0.25) is 5.91 Å². The Morgan fingerprint density at radius 3 is 1.40 bits per heavy atom. The lowest BCUT2D eigenvalue weighted by Crippen LogP contribution is -2.16. The Hall–Kier alpha value is -0.0500. The van der Waals surface area contributed by atoms with E-state index in [1.54, 1.807) is 7.05 Å². The molecule has 0 aliphatic carbocycles. The molecule has 120 valence electrons. The zero-order valence-electron chi connectivity index (χ0n) is 13.4. The predicted octanol–water partition coefficient (Wildman–Crippen LogP) is 5.59. The number of alkyl halides is 1. The van der Waals surface area contributed by atoms with Gasteiger partial charge in [0.25, 0.3) is 0 Å². The van der Waals surface area contributed by atoms with E-state index in [9.17, 15) is 4.79 Å². The van der Waals surface area contributed by atoms with Crippen molar-refractivity contribution in [2.45, 2.75) is 89.9 Å². The Morgan fingerprint density at radius 1 is 0.700 bits per heavy atom. The molecule has 1 N–H and O–H groups in total. The van der Waals surface area contributed by atoms with Crippen LogP contribution in [0.5, 0.6) is 0 Å². The third-order valence-corrected chi connectivity index (χ3v) is 4.38. The van der Waals surface area contributed by atoms with Crippen molar-refractivity contribution < 1.29 is 4.79 Å². The molecule has 0 rings (SSSR count). The molecule has 0 unspecified atom stereocenters. The van der Waals surface area contributed by atoms with Crippen LogP contribution < -0.4 is 5.32 Å². The quantitative estimate of drug-likeness (QED) is 0.303. The number of rotatable bonds is 15. The fraction of sp³-hybridized carbons (Fsp3) is 0.941. The number of carbonyl (C=O) groups is 1. The predicted molar refractivity (Wildman–Crippen MR) is 92.5 cm³/mol. The minimum atomic E-state index is 0.182. The van der Waals surface area contributed by atoms with E-state index in [0.717, 1.165) is 11.8 Å². The maximum atomic E-state index is 11.0. The van der Waals surface area contributed by atoms with E-state index in [4.69, 9.17) is 0 Å². The molecule has 0 bridgehead atoms. The largest absolute Gasteiger partial charge is 0.359 e. The summed E-state index contributed by atoms with van der Waals surface area (Å²) in [6.07, 6.45) is 18.2. The van der Waals surface area contributed by atoms with E-state index >= 15 is 0 Å². The van der Waals surface area contributed by atoms with Crippen molar-refractivity contribution in [2.24, 2.45) is 0 Å². The molecule has 0 aromatic rings. The number of amides is 1. The number of nitrogens with one attached hydrogen (secondary N) is 1. The monoisotopic (exact) mass is 347 g/mol. The number of carbonyl (C=O) groups excluding carboxylic acids is 1. The molecule has 0 saturated heterocycles. The van der Waals surface area contributed by atoms with Crippen LogP contribution in [0.3, 0.4) is 0 Å². The van der Waals surface area contributed by atoms with Crippen LogP contribution in [0.4, 0.5) is 0 Å². The van der Waals surface area contributed by atoms with Gasteiger partial charge in [0.1, 0.15) is 0 Å². The van der Waals surface area contributed by atoms with Gasteiger partial charge < -0.3 is 5.32 Å². The van der Waals surface area contributed by atoms with Crippen molar-refractivity contribution in [3.8, 4) is 0 Å². The molecule has 20 heavy (non-hydrogen) atoms. The van der Waals surface area contributed by atoms with Gasteiger partial charge in [0.05, 0.1) is 0 Å². The van der Waals surface area contributed by atoms with Crippen molar-refractivity contribution in [2.75, 3.05) is 12.4 Å². The lowest BCUT2D eigenvalue weighted by molar-refractivity contribution is -0.120. The lowest BCUT2D eigenvalue weighted by atomic mass is 10.0. The molecule has 0 atom stereocenters. The van der Waals surface area contributed by atoms with Gasteiger partial charge in [-0.1, -0.05) is 86.6 Å². The summed E-state index contributed by atoms with van der Waals surface area (Å²) in [6.45, 7) is 0. The molecule has 0 aliphatic heterocycles. The van der Waals surface area contributed by atoms with E-state index in [1.807, 2.05) is 0 Å². The van der Waals surface area contributed by atoms with Gasteiger partial charge in [-0.15, -0.1) is 0 Å². The molecule has 0 fully saturated rings. The second-order valence-corrected chi connectivity index (χ2v) is 6.50. The number of hydrogen-bond acceptors (Lipinski definition) is 1. The molecular formula is C17H34BrNO. The number of halogens is 1. The van der Waals surface area contributed by atoms with Crippen molar-refractivity contribution in [1.29, 1.82) is 0 Å². The summed E-state index contributed by atoms with van der Waals surface area (Å²) < 4.78 is 0. The van der Waals surface area contributed by atoms with Crippen LogP contribution in [-0.4, -0.2) is 18.3 Å². The number of unbranched alkanes of at least 4 members (excludes halogenated alkanes) is 12. The molecule has 0 aromatic carbocycles. The standard InChI is InChI=1S/C17H34BrNO/c1-19-17(20)15-13-11-9-7-5-3-2-4-6-8-10-12-14-16-18/h2-16H2,1H3,(H,19,20). The first-order valence-electron chi connectivity index (χ1n) is 8.57. The normalized spacial score (nSPS) is 10.7. The average molecular weight is 348 g/mol. The van der Waals surface area contributed by atoms with Crippen LogP contribution in [0.2, 0.25) is 0 Å². The Kier molecular flexibility index (Phi) is 17.0. The maximum absolute atomic E-state index is 11.0. The molecular weight excluding hydrogens is 314 g/mol. The van der Waals surface area contributed by atoms with Gasteiger partial charge in [-0.25, -0.2) is 0 Å². The van der Waals surface area contributed by atoms with Crippen molar-refractivity contribution in [3.05, 3.63) is 0 Å². The molecule has 2 nitrogen and oxygen atoms in total. The van der Waals surface area contributed by atoms with E-state index in [1.165, 1.54) is 77.0 Å². The second kappa shape index (κ2) is 17.0. The van der Waals surface area contributed by atoms with Crippen LogP contribution in [0.25, 0.3) is 0 Å². The average Bonchev–Trinajstić information content (AvgIpc) is 2.47. The van der Waals surface area contributed by atoms with Gasteiger partial charge in [0, 0.05) is 18.8 Å². The van der Waals surface area contributed by atoms with Gasteiger partial charge in [-0.2, -0.15) is 0 Å². The van der Waals surface area contributed by atoms with E-state index < -0.39 is 0 Å². The topological polar surface area (TPSA) is 29.1 Å². The highest BCUT2D eigenvalue weighted by Gasteiger charge is 1.97. The summed E-state index contributed by atoms with van der Waals surface area (Å²) in [5.41, 5.74) is 0. The van der Waals surface area contributed by atoms with Crippen LogP contribution in [-0.2, 0) is 4.79 Å². The van der Waals surface area contributed by atoms with E-state index in [-0.39, 0.29) is 5.91 Å². The fourth-order valence-corrected chi connectivity index (χ4v) is 2.85. The molecule has 0 radical (unpaired) electrons. The van der Waals surface area contributed by atoms with Crippen molar-refractivity contribution >= 4 is 21.8 Å². The Balaban J connectivity index is 2.97. The van der Waals surface area contributed by atoms with Crippen LogP contribution in [0.1, 0.15) is 89.9 Å². The zero-order chi connectivity index (χ0) is 14.9. The molecule has 0 spiro atoms. The Labute approximate surface area is 134 Å². The molecule has 0 aliphatic rings. The van der Waals surface area contributed by atoms with Crippen molar-refractivity contribution in [1.82, 2.24) is 5.32 Å². The summed E-state index contributed by atoms with van der Waals surface area (Å²) in [6, 6.07) is 0. The Morgan fingerprint density at radius 2 is 1.05 bits per heavy atom. The summed E-state index contributed by atoms with van der Waals surface area (Å²) in [5.74, 6) is 0.182. The Bertz CT molecular complexity index is 209. The van der Waals surface area contributed by atoms with E-state index in [0.29, 0.717) is 6.42 Å². The highest BCUT2D eigenvalue weighted by atomic mass is 79.9. The highest BCUT2D eigenvalue weighted by molar-refractivity contribution is 9.09. The first-order valence-corrected chi connectivity index (χ1v) is 9.70. The van der Waals surface area contributed by atoms with Crippen LogP contribution >= 0.6 is 15.9 Å². The molecule has 0 saturated carbocycles. The highest BCUT2D eigenvalue weighted by Crippen LogP contribution is 2.13. The maximum Gasteiger partial charge on any atom is 0.219 e. The van der Waals surface area contributed by atoms with Gasteiger partial charge >= 0.3 is 0 Å². The minimum absolute atomic E-state index is 0.182. The lowest BCUT2D eigenvalue weighted by Gasteiger charge is -2.03. The molecule has 0 heterocycles. The van der Waals surface area contributed by atoms with E-state index in [2.05, 4.69) is 21.2 Å². The van der Waals surface area contributed by atoms with Crippen LogP contribution in [0.15, 0.2) is 0 Å². The SMILES string of the molecule is CNC(=O)CCCCCCCCCCCCCCCBr. The fourth-order valence-electron chi connectivity index (χ4n) is 2.45. The smallest absolute Gasteiger partial charge is 0.219 e. The number of hydrogen-bond donors (Lipinski definition) is 1. The van der Waals surface area contributed by atoms with Crippen LogP contribution in [0, 0.1) is 0 Å². The first kappa shape index (κ1) is 19.9. The van der Waals surface area contributed by atoms with Gasteiger partial charge in [-0.05, 0) is 12.8 Å². The summed E-state index contributed by atoms with van der Waals surface area (Å²) in [4.78, 5) is 11.0. The van der Waals surface area contributed by atoms with Gasteiger partial charge in [-0.3, -0.25) is 4.79 Å². The summed E-state index contributed by atoms with van der Waals surface area (Å²) >= 11 is 3.47. The second-order valence-electron chi connectivity index (χ2n) is 5.71. The first-order chi connectivity index (χ1) is 9.81. The third-order valence-electron chi connectivity index (χ3n) is 3.82. The van der Waals surface area contributed by atoms with Crippen molar-refractivity contribution in [3.63, 3.8) is 0 Å². The molecule has 1 amide bonds. The molecule has 0 aromatic heterocycles. The molecule has 3 heteroatoms. The van der Waals surface area contributed by atoms with Gasteiger partial charge in [0.15, 0.2) is 0 Å². The summed E-state index contributed by atoms with van der Waals surface area (Å²) in [7, 11) is 1.71. The minimum Gasteiger partial charge on any atom is -0.359 e. The zero-order valence-corrected chi connectivity index (χ0v) is 15.0.